The zero-order valence-corrected chi connectivity index (χ0v) is 17.7. The van der Waals surface area contributed by atoms with E-state index in [1.807, 2.05) is 19.1 Å². The van der Waals surface area contributed by atoms with E-state index in [1.165, 1.54) is 0 Å². The standard InChI is InChI=1S/C21H17Br2N3O/c1-10(9-24)27-21-19-15(13-6-11(22)2-4-17(13)25-19)8-16-14-7-12(23)3-5-18(14)26-20(16)21/h2-8,10,25-26H,9,24H2,1H3. The Hall–Kier alpha value is -2.02. The Morgan fingerprint density at radius 1 is 0.852 bits per heavy atom. The molecular formula is C21H17Br2N3O. The van der Waals surface area contributed by atoms with Crippen LogP contribution in [0.2, 0.25) is 0 Å². The normalized spacial score (nSPS) is 13.2. The monoisotopic (exact) mass is 485 g/mol. The minimum atomic E-state index is -0.0879. The summed E-state index contributed by atoms with van der Waals surface area (Å²) in [6, 6.07) is 14.8. The molecule has 2 heterocycles. The van der Waals surface area contributed by atoms with Gasteiger partial charge in [0.15, 0.2) is 5.75 Å². The fourth-order valence-electron chi connectivity index (χ4n) is 3.66. The summed E-state index contributed by atoms with van der Waals surface area (Å²) >= 11 is 7.18. The highest BCUT2D eigenvalue weighted by molar-refractivity contribution is 9.10. The highest BCUT2D eigenvalue weighted by Gasteiger charge is 2.19. The largest absolute Gasteiger partial charge is 0.485 e. The van der Waals surface area contributed by atoms with Crippen molar-refractivity contribution < 1.29 is 4.74 Å². The molecule has 0 bridgehead atoms. The van der Waals surface area contributed by atoms with Crippen LogP contribution in [0.4, 0.5) is 0 Å². The van der Waals surface area contributed by atoms with Crippen LogP contribution >= 0.6 is 31.9 Å². The third-order valence-electron chi connectivity index (χ3n) is 5.00. The maximum Gasteiger partial charge on any atom is 0.167 e. The first-order chi connectivity index (χ1) is 13.0. The molecule has 6 heteroatoms. The molecule has 0 aliphatic rings. The summed E-state index contributed by atoms with van der Waals surface area (Å²) in [4.78, 5) is 7.07. The maximum absolute atomic E-state index is 6.30. The van der Waals surface area contributed by atoms with Crippen LogP contribution in [-0.4, -0.2) is 22.6 Å². The molecule has 4 nitrogen and oxygen atoms in total. The lowest BCUT2D eigenvalue weighted by Gasteiger charge is -2.14. The number of H-pyrrole nitrogens is 2. The molecule has 0 aliphatic heterocycles. The van der Waals surface area contributed by atoms with E-state index in [0.29, 0.717) is 6.54 Å². The summed E-state index contributed by atoms with van der Waals surface area (Å²) in [5.74, 6) is 0.820. The van der Waals surface area contributed by atoms with Crippen molar-refractivity contribution in [2.24, 2.45) is 5.73 Å². The van der Waals surface area contributed by atoms with E-state index in [-0.39, 0.29) is 6.10 Å². The zero-order valence-electron chi connectivity index (χ0n) is 14.6. The minimum absolute atomic E-state index is 0.0879. The molecule has 1 atom stereocenters. The molecule has 0 aliphatic carbocycles. The van der Waals surface area contributed by atoms with Crippen molar-refractivity contribution in [1.29, 1.82) is 0 Å². The average molecular weight is 487 g/mol. The van der Waals surface area contributed by atoms with Gasteiger partial charge in [-0.15, -0.1) is 0 Å². The van der Waals surface area contributed by atoms with Crippen molar-refractivity contribution in [3.05, 3.63) is 51.4 Å². The molecule has 2 aromatic heterocycles. The minimum Gasteiger partial charge on any atom is -0.485 e. The lowest BCUT2D eigenvalue weighted by Crippen LogP contribution is -2.23. The van der Waals surface area contributed by atoms with Crippen molar-refractivity contribution in [2.75, 3.05) is 6.54 Å². The summed E-state index contributed by atoms with van der Waals surface area (Å²) in [5.41, 5.74) is 9.98. The van der Waals surface area contributed by atoms with E-state index < -0.39 is 0 Å². The number of rotatable bonds is 3. The topological polar surface area (TPSA) is 66.8 Å². The van der Waals surface area contributed by atoms with Gasteiger partial charge in [0.1, 0.15) is 6.10 Å². The Bertz CT molecular complexity index is 1240. The average Bonchev–Trinajstić information content (AvgIpc) is 3.19. The van der Waals surface area contributed by atoms with Gasteiger partial charge < -0.3 is 20.4 Å². The van der Waals surface area contributed by atoms with Gasteiger partial charge in [0.25, 0.3) is 0 Å². The van der Waals surface area contributed by atoms with Gasteiger partial charge in [-0.2, -0.15) is 0 Å². The van der Waals surface area contributed by atoms with Crippen LogP contribution in [0, 0.1) is 0 Å². The van der Waals surface area contributed by atoms with E-state index in [0.717, 1.165) is 58.3 Å². The molecule has 4 N–H and O–H groups in total. The number of aromatic amines is 2. The number of halogens is 2. The molecule has 0 amide bonds. The van der Waals surface area contributed by atoms with Gasteiger partial charge in [0.2, 0.25) is 0 Å². The zero-order chi connectivity index (χ0) is 18.7. The van der Waals surface area contributed by atoms with Crippen LogP contribution in [0.3, 0.4) is 0 Å². The Morgan fingerprint density at radius 3 is 1.85 bits per heavy atom. The molecule has 0 spiro atoms. The lowest BCUT2D eigenvalue weighted by molar-refractivity contribution is 0.235. The third kappa shape index (κ3) is 2.66. The molecule has 27 heavy (non-hydrogen) atoms. The van der Waals surface area contributed by atoms with E-state index in [1.54, 1.807) is 0 Å². The van der Waals surface area contributed by atoms with Crippen molar-refractivity contribution in [2.45, 2.75) is 13.0 Å². The summed E-state index contributed by atoms with van der Waals surface area (Å²) in [7, 11) is 0. The van der Waals surface area contributed by atoms with Gasteiger partial charge in [0.05, 0.1) is 11.0 Å². The first-order valence-corrected chi connectivity index (χ1v) is 10.4. The predicted molar refractivity (Wildman–Crippen MR) is 120 cm³/mol. The number of nitrogens with two attached hydrogens (primary N) is 1. The van der Waals surface area contributed by atoms with Crippen LogP contribution in [0.15, 0.2) is 51.4 Å². The van der Waals surface area contributed by atoms with Crippen LogP contribution in [0.5, 0.6) is 5.75 Å². The van der Waals surface area contributed by atoms with Crippen LogP contribution in [-0.2, 0) is 0 Å². The molecule has 3 aromatic carbocycles. The number of fused-ring (bicyclic) bond motifs is 6. The molecule has 0 saturated carbocycles. The van der Waals surface area contributed by atoms with Gasteiger partial charge in [-0.05, 0) is 49.4 Å². The second kappa shape index (κ2) is 6.26. The number of hydrogen-bond donors (Lipinski definition) is 3. The lowest BCUT2D eigenvalue weighted by atomic mass is 10.1. The maximum atomic E-state index is 6.30. The highest BCUT2D eigenvalue weighted by Crippen LogP contribution is 2.42. The van der Waals surface area contributed by atoms with E-state index >= 15 is 0 Å². The molecule has 0 saturated heterocycles. The fraction of sp³-hybridized carbons (Fsp3) is 0.143. The molecule has 136 valence electrons. The third-order valence-corrected chi connectivity index (χ3v) is 5.98. The quantitative estimate of drug-likeness (QED) is 0.284. The summed E-state index contributed by atoms with van der Waals surface area (Å²) in [6.45, 7) is 2.44. The summed E-state index contributed by atoms with van der Waals surface area (Å²) in [5, 5.41) is 4.60. The van der Waals surface area contributed by atoms with Gasteiger partial charge in [-0.1, -0.05) is 31.9 Å². The van der Waals surface area contributed by atoms with E-state index in [9.17, 15) is 0 Å². The second-order valence-electron chi connectivity index (χ2n) is 6.84. The molecule has 0 radical (unpaired) electrons. The Balaban J connectivity index is 1.97. The van der Waals surface area contributed by atoms with Gasteiger partial charge >= 0.3 is 0 Å². The number of aromatic nitrogens is 2. The SMILES string of the molecule is CC(CN)Oc1c2[nH]c3ccc(Br)cc3c2cc2c1[nH]c1ccc(Br)cc12. The molecular weight excluding hydrogens is 470 g/mol. The first kappa shape index (κ1) is 17.1. The second-order valence-corrected chi connectivity index (χ2v) is 8.68. The van der Waals surface area contributed by atoms with Crippen LogP contribution < -0.4 is 10.5 Å². The number of benzene rings is 3. The predicted octanol–water partition coefficient (Wildman–Crippen LogP) is 6.21. The van der Waals surface area contributed by atoms with Gasteiger partial charge in [-0.25, -0.2) is 0 Å². The Morgan fingerprint density at radius 2 is 1.37 bits per heavy atom. The molecule has 5 rings (SSSR count). The number of nitrogens with one attached hydrogen (secondary N) is 2. The molecule has 1 unspecified atom stereocenters. The highest BCUT2D eigenvalue weighted by atomic mass is 79.9. The van der Waals surface area contributed by atoms with Crippen molar-refractivity contribution in [3.63, 3.8) is 0 Å². The molecule has 5 aromatic rings. The summed E-state index contributed by atoms with van der Waals surface area (Å²) in [6.07, 6.45) is -0.0879. The van der Waals surface area contributed by atoms with E-state index in [4.69, 9.17) is 10.5 Å². The van der Waals surface area contributed by atoms with Crippen molar-refractivity contribution in [1.82, 2.24) is 9.97 Å². The van der Waals surface area contributed by atoms with Gasteiger partial charge in [-0.3, -0.25) is 0 Å². The van der Waals surface area contributed by atoms with Crippen molar-refractivity contribution >= 4 is 75.5 Å². The van der Waals surface area contributed by atoms with Crippen LogP contribution in [0.25, 0.3) is 43.6 Å². The molecule has 0 fully saturated rings. The van der Waals surface area contributed by atoms with Gasteiger partial charge in [0, 0.05) is 48.1 Å². The smallest absolute Gasteiger partial charge is 0.167 e. The first-order valence-electron chi connectivity index (χ1n) is 8.77. The number of ether oxygens (including phenoxy) is 1. The van der Waals surface area contributed by atoms with Crippen molar-refractivity contribution in [3.8, 4) is 5.75 Å². The Kier molecular flexibility index (Phi) is 3.96. The fourth-order valence-corrected chi connectivity index (χ4v) is 4.39. The summed E-state index contributed by atoms with van der Waals surface area (Å²) < 4.78 is 8.40. The van der Waals surface area contributed by atoms with Crippen LogP contribution in [0.1, 0.15) is 6.92 Å². The number of hydrogen-bond acceptors (Lipinski definition) is 2. The van der Waals surface area contributed by atoms with E-state index in [2.05, 4.69) is 72.2 Å². The Labute approximate surface area is 172 Å².